The van der Waals surface area contributed by atoms with E-state index < -0.39 is 10.0 Å². The summed E-state index contributed by atoms with van der Waals surface area (Å²) in [6.07, 6.45) is 0. The molecule has 28 heavy (non-hydrogen) atoms. The molecule has 3 rings (SSSR count). The molecule has 6 nitrogen and oxygen atoms in total. The highest BCUT2D eigenvalue weighted by atomic mass is 35.5. The second-order valence-electron chi connectivity index (χ2n) is 6.84. The van der Waals surface area contributed by atoms with Crippen molar-refractivity contribution >= 4 is 28.3 Å². The summed E-state index contributed by atoms with van der Waals surface area (Å²) in [4.78, 5) is 14.9. The maximum atomic E-state index is 13.0. The zero-order chi connectivity index (χ0) is 19.4. The van der Waals surface area contributed by atoms with Gasteiger partial charge in [-0.05, 0) is 37.1 Å². The van der Waals surface area contributed by atoms with Crippen molar-refractivity contribution in [3.05, 3.63) is 65.2 Å². The maximum Gasteiger partial charge on any atom is 0.254 e. The molecule has 0 aliphatic carbocycles. The SMILES string of the molecule is Cc1ccc(S(=O)(=O)NCc2ccccc2)cc1C(=O)N1CCNCC1C.Cl. The minimum absolute atomic E-state index is 0. The van der Waals surface area contributed by atoms with Crippen LogP contribution < -0.4 is 10.0 Å². The van der Waals surface area contributed by atoms with E-state index >= 15 is 0 Å². The Balaban J connectivity index is 0.00000280. The highest BCUT2D eigenvalue weighted by Crippen LogP contribution is 2.19. The van der Waals surface area contributed by atoms with Gasteiger partial charge >= 0.3 is 0 Å². The van der Waals surface area contributed by atoms with Crippen LogP contribution in [0.15, 0.2) is 53.4 Å². The predicted octanol–water partition coefficient (Wildman–Crippen LogP) is 2.33. The summed E-state index contributed by atoms with van der Waals surface area (Å²) in [6.45, 7) is 6.11. The summed E-state index contributed by atoms with van der Waals surface area (Å²) in [7, 11) is -3.71. The van der Waals surface area contributed by atoms with Crippen molar-refractivity contribution in [3.8, 4) is 0 Å². The molecule has 2 aromatic carbocycles. The smallest absolute Gasteiger partial charge is 0.254 e. The summed E-state index contributed by atoms with van der Waals surface area (Å²) < 4.78 is 28.0. The van der Waals surface area contributed by atoms with E-state index in [9.17, 15) is 13.2 Å². The van der Waals surface area contributed by atoms with Gasteiger partial charge in [0.05, 0.1) is 4.90 Å². The Kier molecular flexibility index (Phi) is 7.60. The van der Waals surface area contributed by atoms with Gasteiger partial charge in [0.2, 0.25) is 10.0 Å². The van der Waals surface area contributed by atoms with Crippen molar-refractivity contribution in [1.29, 1.82) is 0 Å². The van der Waals surface area contributed by atoms with Crippen LogP contribution >= 0.6 is 12.4 Å². The van der Waals surface area contributed by atoms with Gasteiger partial charge < -0.3 is 10.2 Å². The fraction of sp³-hybridized carbons (Fsp3) is 0.350. The molecular formula is C20H26ClN3O3S. The number of hydrogen-bond acceptors (Lipinski definition) is 4. The van der Waals surface area contributed by atoms with Crippen LogP contribution in [0.2, 0.25) is 0 Å². The van der Waals surface area contributed by atoms with Crippen molar-refractivity contribution in [1.82, 2.24) is 14.9 Å². The van der Waals surface area contributed by atoms with Gasteiger partial charge in [-0.2, -0.15) is 0 Å². The van der Waals surface area contributed by atoms with Crippen LogP contribution in [0.4, 0.5) is 0 Å². The van der Waals surface area contributed by atoms with Gasteiger partial charge in [-0.3, -0.25) is 4.79 Å². The lowest BCUT2D eigenvalue weighted by atomic mass is 10.1. The van der Waals surface area contributed by atoms with Crippen LogP contribution in [0.25, 0.3) is 0 Å². The van der Waals surface area contributed by atoms with E-state index in [1.807, 2.05) is 44.2 Å². The standard InChI is InChI=1S/C20H25N3O3S.ClH/c1-15-8-9-18(27(25,26)22-14-17-6-4-3-5-7-17)12-19(15)20(24)23-11-10-21-13-16(23)2;/h3-9,12,16,21-22H,10-11,13-14H2,1-2H3;1H. The molecule has 1 heterocycles. The van der Waals surface area contributed by atoms with Crippen LogP contribution in [-0.4, -0.2) is 44.9 Å². The number of hydrogen-bond donors (Lipinski definition) is 2. The molecule has 1 unspecified atom stereocenters. The molecule has 2 aromatic rings. The summed E-state index contributed by atoms with van der Waals surface area (Å²) in [5.74, 6) is -0.124. The molecule has 1 amide bonds. The first-order valence-electron chi connectivity index (χ1n) is 9.04. The number of halogens is 1. The quantitative estimate of drug-likeness (QED) is 0.773. The normalized spacial score (nSPS) is 17.1. The topological polar surface area (TPSA) is 78.5 Å². The van der Waals surface area contributed by atoms with E-state index in [0.29, 0.717) is 12.1 Å². The van der Waals surface area contributed by atoms with E-state index in [1.165, 1.54) is 6.07 Å². The predicted molar refractivity (Wildman–Crippen MR) is 112 cm³/mol. The number of piperazine rings is 1. The monoisotopic (exact) mass is 423 g/mol. The molecule has 8 heteroatoms. The lowest BCUT2D eigenvalue weighted by molar-refractivity contribution is 0.0654. The van der Waals surface area contributed by atoms with Gasteiger partial charge in [0.1, 0.15) is 0 Å². The maximum absolute atomic E-state index is 13.0. The molecule has 1 aliphatic rings. The zero-order valence-electron chi connectivity index (χ0n) is 16.0. The number of benzene rings is 2. The number of nitrogens with one attached hydrogen (secondary N) is 2. The van der Waals surface area contributed by atoms with E-state index in [0.717, 1.165) is 24.2 Å². The molecule has 1 aliphatic heterocycles. The minimum Gasteiger partial charge on any atom is -0.333 e. The third kappa shape index (κ3) is 5.11. The number of amides is 1. The molecule has 152 valence electrons. The second-order valence-corrected chi connectivity index (χ2v) is 8.61. The summed E-state index contributed by atoms with van der Waals surface area (Å²) in [5, 5.41) is 3.25. The lowest BCUT2D eigenvalue weighted by Gasteiger charge is -2.34. The number of rotatable bonds is 5. The highest BCUT2D eigenvalue weighted by molar-refractivity contribution is 7.89. The van der Waals surface area contributed by atoms with Gasteiger partial charge in [0.25, 0.3) is 5.91 Å². The fourth-order valence-electron chi connectivity index (χ4n) is 3.15. The van der Waals surface area contributed by atoms with E-state index in [2.05, 4.69) is 10.0 Å². The third-order valence-electron chi connectivity index (χ3n) is 4.82. The van der Waals surface area contributed by atoms with Crippen LogP contribution in [-0.2, 0) is 16.6 Å². The van der Waals surface area contributed by atoms with Crippen LogP contribution in [0.5, 0.6) is 0 Å². The number of carbonyl (C=O) groups excluding carboxylic acids is 1. The largest absolute Gasteiger partial charge is 0.333 e. The summed E-state index contributed by atoms with van der Waals surface area (Å²) in [5.41, 5.74) is 2.08. The zero-order valence-corrected chi connectivity index (χ0v) is 17.6. The molecule has 0 aromatic heterocycles. The Morgan fingerprint density at radius 2 is 1.93 bits per heavy atom. The average molecular weight is 424 g/mol. The first-order chi connectivity index (χ1) is 12.9. The van der Waals surface area contributed by atoms with Gasteiger partial charge in [-0.15, -0.1) is 12.4 Å². The fourth-order valence-corrected chi connectivity index (χ4v) is 4.20. The van der Waals surface area contributed by atoms with E-state index in [-0.39, 0.29) is 35.8 Å². The second kappa shape index (κ2) is 9.52. The van der Waals surface area contributed by atoms with Crippen LogP contribution in [0.3, 0.4) is 0 Å². The van der Waals surface area contributed by atoms with Crippen molar-refractivity contribution in [2.24, 2.45) is 0 Å². The van der Waals surface area contributed by atoms with Gasteiger partial charge in [-0.1, -0.05) is 36.4 Å². The molecule has 0 bridgehead atoms. The van der Waals surface area contributed by atoms with Crippen molar-refractivity contribution in [3.63, 3.8) is 0 Å². The average Bonchev–Trinajstić information content (AvgIpc) is 2.67. The Hall–Kier alpha value is -1.93. The first kappa shape index (κ1) is 22.4. The molecular weight excluding hydrogens is 398 g/mol. The number of nitrogens with zero attached hydrogens (tertiary/aromatic N) is 1. The number of aryl methyl sites for hydroxylation is 1. The summed E-state index contributed by atoms with van der Waals surface area (Å²) >= 11 is 0. The van der Waals surface area contributed by atoms with Crippen LogP contribution in [0, 0.1) is 6.92 Å². The minimum atomic E-state index is -3.71. The summed E-state index contributed by atoms with van der Waals surface area (Å²) in [6, 6.07) is 14.1. The Labute approximate surface area is 172 Å². The van der Waals surface area contributed by atoms with Gasteiger partial charge in [0.15, 0.2) is 0 Å². The lowest BCUT2D eigenvalue weighted by Crippen LogP contribution is -2.52. The van der Waals surface area contributed by atoms with Crippen molar-refractivity contribution in [2.75, 3.05) is 19.6 Å². The molecule has 0 radical (unpaired) electrons. The molecule has 1 saturated heterocycles. The van der Waals surface area contributed by atoms with Crippen LogP contribution in [0.1, 0.15) is 28.4 Å². The van der Waals surface area contributed by atoms with Crippen molar-refractivity contribution in [2.45, 2.75) is 31.3 Å². The van der Waals surface area contributed by atoms with Crippen molar-refractivity contribution < 1.29 is 13.2 Å². The Bertz CT molecular complexity index is 920. The first-order valence-corrected chi connectivity index (χ1v) is 10.5. The number of carbonyl (C=O) groups is 1. The van der Waals surface area contributed by atoms with E-state index in [1.54, 1.807) is 17.0 Å². The number of sulfonamides is 1. The highest BCUT2D eigenvalue weighted by Gasteiger charge is 2.26. The molecule has 0 saturated carbocycles. The molecule has 2 N–H and O–H groups in total. The molecule has 0 spiro atoms. The Morgan fingerprint density at radius 3 is 2.61 bits per heavy atom. The third-order valence-corrected chi connectivity index (χ3v) is 6.22. The Morgan fingerprint density at radius 1 is 1.21 bits per heavy atom. The van der Waals surface area contributed by atoms with Gasteiger partial charge in [0, 0.05) is 37.8 Å². The molecule has 1 atom stereocenters. The molecule has 1 fully saturated rings. The van der Waals surface area contributed by atoms with Gasteiger partial charge in [-0.25, -0.2) is 13.1 Å². The van der Waals surface area contributed by atoms with E-state index in [4.69, 9.17) is 0 Å².